The minimum absolute atomic E-state index is 0.0597. The minimum atomic E-state index is 0.0597. The number of likely N-dealkylation sites (tertiary alicyclic amines) is 1. The van der Waals surface area contributed by atoms with E-state index in [1.165, 1.54) is 0 Å². The average Bonchev–Trinajstić information content (AvgIpc) is 2.38. The van der Waals surface area contributed by atoms with Crippen LogP contribution in [0.15, 0.2) is 36.8 Å². The highest BCUT2D eigenvalue weighted by molar-refractivity contribution is 5.94. The summed E-state index contributed by atoms with van der Waals surface area (Å²) in [4.78, 5) is 26.4. The molecule has 3 heterocycles. The van der Waals surface area contributed by atoms with Crippen LogP contribution in [-0.2, 0) is 0 Å². The zero-order chi connectivity index (χ0) is 13.2. The minimum Gasteiger partial charge on any atom is -0.337 e. The molecule has 1 saturated heterocycles. The number of hydrogen-bond donors (Lipinski definition) is 0. The van der Waals surface area contributed by atoms with Crippen molar-refractivity contribution in [3.63, 3.8) is 0 Å². The predicted octanol–water partition coefficient (Wildman–Crippen LogP) is 1.42. The third-order valence-electron chi connectivity index (χ3n) is 3.31. The van der Waals surface area contributed by atoms with E-state index in [0.717, 1.165) is 24.6 Å². The Bertz CT molecular complexity index is 593. The average molecular weight is 254 g/mol. The highest BCUT2D eigenvalue weighted by Crippen LogP contribution is 2.26. The number of rotatable bonds is 2. The van der Waals surface area contributed by atoms with E-state index in [1.807, 2.05) is 17.9 Å². The van der Waals surface area contributed by atoms with Crippen molar-refractivity contribution in [1.29, 1.82) is 0 Å². The van der Waals surface area contributed by atoms with Crippen molar-refractivity contribution in [2.75, 3.05) is 13.1 Å². The molecule has 5 nitrogen and oxygen atoms in total. The summed E-state index contributed by atoms with van der Waals surface area (Å²) in [5.74, 6) is 1.16. The Labute approximate surface area is 111 Å². The number of carbonyl (C=O) groups excluding carboxylic acids is 1. The fourth-order valence-electron chi connectivity index (χ4n) is 2.21. The van der Waals surface area contributed by atoms with Gasteiger partial charge >= 0.3 is 0 Å². The van der Waals surface area contributed by atoms with Gasteiger partial charge < -0.3 is 4.90 Å². The van der Waals surface area contributed by atoms with Crippen molar-refractivity contribution >= 4 is 5.91 Å². The van der Waals surface area contributed by atoms with E-state index in [9.17, 15) is 4.79 Å². The van der Waals surface area contributed by atoms with Gasteiger partial charge in [-0.2, -0.15) is 0 Å². The van der Waals surface area contributed by atoms with Crippen molar-refractivity contribution in [1.82, 2.24) is 19.9 Å². The number of hydrogen-bond acceptors (Lipinski definition) is 4. The van der Waals surface area contributed by atoms with Gasteiger partial charge in [-0.25, -0.2) is 9.97 Å². The zero-order valence-electron chi connectivity index (χ0n) is 10.7. The molecular weight excluding hydrogens is 240 g/mol. The summed E-state index contributed by atoms with van der Waals surface area (Å²) in [5, 5.41) is 0. The van der Waals surface area contributed by atoms with Gasteiger partial charge in [0.05, 0.1) is 5.69 Å². The van der Waals surface area contributed by atoms with Crippen LogP contribution in [-0.4, -0.2) is 38.8 Å². The SMILES string of the molecule is Cc1nccc(C2CN(C(=O)c3ccncc3)C2)n1. The van der Waals surface area contributed by atoms with E-state index in [-0.39, 0.29) is 5.91 Å². The third kappa shape index (κ3) is 2.31. The Hall–Kier alpha value is -2.30. The number of amides is 1. The van der Waals surface area contributed by atoms with Crippen LogP contribution in [0.3, 0.4) is 0 Å². The Morgan fingerprint density at radius 3 is 2.63 bits per heavy atom. The molecule has 19 heavy (non-hydrogen) atoms. The molecule has 2 aromatic rings. The molecule has 5 heteroatoms. The monoisotopic (exact) mass is 254 g/mol. The maximum atomic E-state index is 12.1. The van der Waals surface area contributed by atoms with Crippen LogP contribution in [0, 0.1) is 6.92 Å². The molecule has 1 fully saturated rings. The van der Waals surface area contributed by atoms with Crippen LogP contribution >= 0.6 is 0 Å². The number of carbonyl (C=O) groups is 1. The predicted molar refractivity (Wildman–Crippen MR) is 69.7 cm³/mol. The number of aryl methyl sites for hydroxylation is 1. The summed E-state index contributed by atoms with van der Waals surface area (Å²) in [6.07, 6.45) is 5.04. The van der Waals surface area contributed by atoms with Crippen LogP contribution in [0.5, 0.6) is 0 Å². The molecule has 0 spiro atoms. The molecule has 0 aliphatic carbocycles. The van der Waals surface area contributed by atoms with Gasteiger partial charge in [-0.1, -0.05) is 0 Å². The molecule has 2 aromatic heterocycles. The Morgan fingerprint density at radius 1 is 1.21 bits per heavy atom. The fraction of sp³-hybridized carbons (Fsp3) is 0.286. The number of aromatic nitrogens is 3. The van der Waals surface area contributed by atoms with Gasteiger partial charge in [0.25, 0.3) is 5.91 Å². The summed E-state index contributed by atoms with van der Waals surface area (Å²) in [6.45, 7) is 3.32. The van der Waals surface area contributed by atoms with Gasteiger partial charge in [-0.05, 0) is 25.1 Å². The summed E-state index contributed by atoms with van der Waals surface area (Å²) < 4.78 is 0. The first kappa shape index (κ1) is 11.8. The van der Waals surface area contributed by atoms with Crippen molar-refractivity contribution in [2.45, 2.75) is 12.8 Å². The van der Waals surface area contributed by atoms with Crippen molar-refractivity contribution in [2.24, 2.45) is 0 Å². The molecular formula is C14H14N4O. The van der Waals surface area contributed by atoms with E-state index in [1.54, 1.807) is 30.7 Å². The van der Waals surface area contributed by atoms with Crippen LogP contribution < -0.4 is 0 Å². The van der Waals surface area contributed by atoms with E-state index in [2.05, 4.69) is 15.0 Å². The second-order valence-electron chi connectivity index (χ2n) is 4.67. The molecule has 1 aliphatic heterocycles. The van der Waals surface area contributed by atoms with E-state index < -0.39 is 0 Å². The lowest BCUT2D eigenvalue weighted by molar-refractivity contribution is 0.0598. The van der Waals surface area contributed by atoms with E-state index in [0.29, 0.717) is 11.5 Å². The standard InChI is InChI=1S/C14H14N4O/c1-10-16-7-4-13(17-10)12-8-18(9-12)14(19)11-2-5-15-6-3-11/h2-7,12H,8-9H2,1H3. The molecule has 3 rings (SSSR count). The molecule has 0 atom stereocenters. The number of nitrogens with zero attached hydrogens (tertiary/aromatic N) is 4. The van der Waals surface area contributed by atoms with Gasteiger partial charge in [-0.15, -0.1) is 0 Å². The first-order valence-electron chi connectivity index (χ1n) is 6.23. The lowest BCUT2D eigenvalue weighted by atomic mass is 9.95. The van der Waals surface area contributed by atoms with Crippen molar-refractivity contribution in [3.05, 3.63) is 53.9 Å². The summed E-state index contributed by atoms with van der Waals surface area (Å²) in [7, 11) is 0. The van der Waals surface area contributed by atoms with Crippen LogP contribution in [0.1, 0.15) is 27.8 Å². The van der Waals surface area contributed by atoms with Gasteiger partial charge in [0.2, 0.25) is 0 Å². The van der Waals surface area contributed by atoms with Gasteiger partial charge in [0.1, 0.15) is 5.82 Å². The first-order chi connectivity index (χ1) is 9.24. The Kier molecular flexibility index (Phi) is 2.95. The highest BCUT2D eigenvalue weighted by atomic mass is 16.2. The van der Waals surface area contributed by atoms with E-state index in [4.69, 9.17) is 0 Å². The van der Waals surface area contributed by atoms with Crippen LogP contribution in [0.2, 0.25) is 0 Å². The largest absolute Gasteiger partial charge is 0.337 e. The topological polar surface area (TPSA) is 59.0 Å². The molecule has 0 bridgehead atoms. The molecule has 0 unspecified atom stereocenters. The first-order valence-corrected chi connectivity index (χ1v) is 6.23. The quantitative estimate of drug-likeness (QED) is 0.813. The normalized spacial score (nSPS) is 15.1. The fourth-order valence-corrected chi connectivity index (χ4v) is 2.21. The second kappa shape index (κ2) is 4.76. The lowest BCUT2D eigenvalue weighted by Crippen LogP contribution is -2.48. The summed E-state index contributed by atoms with van der Waals surface area (Å²) in [5.41, 5.74) is 1.71. The molecule has 96 valence electrons. The van der Waals surface area contributed by atoms with Gasteiger partial charge in [0.15, 0.2) is 0 Å². The highest BCUT2D eigenvalue weighted by Gasteiger charge is 2.33. The van der Waals surface area contributed by atoms with Crippen molar-refractivity contribution in [3.8, 4) is 0 Å². The molecule has 1 aliphatic rings. The maximum Gasteiger partial charge on any atom is 0.254 e. The number of pyridine rings is 1. The maximum absolute atomic E-state index is 12.1. The molecule has 0 radical (unpaired) electrons. The Morgan fingerprint density at radius 2 is 1.95 bits per heavy atom. The second-order valence-corrected chi connectivity index (χ2v) is 4.67. The van der Waals surface area contributed by atoms with E-state index >= 15 is 0 Å². The molecule has 1 amide bonds. The van der Waals surface area contributed by atoms with Crippen LogP contribution in [0.4, 0.5) is 0 Å². The lowest BCUT2D eigenvalue weighted by Gasteiger charge is -2.39. The molecule has 0 saturated carbocycles. The van der Waals surface area contributed by atoms with Crippen molar-refractivity contribution < 1.29 is 4.79 Å². The smallest absolute Gasteiger partial charge is 0.254 e. The Balaban J connectivity index is 1.66. The van der Waals surface area contributed by atoms with Gasteiger partial charge in [0, 0.05) is 43.2 Å². The summed E-state index contributed by atoms with van der Waals surface area (Å²) in [6, 6.07) is 5.40. The van der Waals surface area contributed by atoms with Gasteiger partial charge in [-0.3, -0.25) is 9.78 Å². The molecule has 0 N–H and O–H groups in total. The third-order valence-corrected chi connectivity index (χ3v) is 3.31. The zero-order valence-corrected chi connectivity index (χ0v) is 10.7. The molecule has 0 aromatic carbocycles. The van der Waals surface area contributed by atoms with Crippen LogP contribution in [0.25, 0.3) is 0 Å². The summed E-state index contributed by atoms with van der Waals surface area (Å²) >= 11 is 0.